The van der Waals surface area contributed by atoms with Crippen LogP contribution in [0.2, 0.25) is 5.02 Å². The largest absolute Gasteiger partial charge is 0.336 e. The van der Waals surface area contributed by atoms with E-state index < -0.39 is 0 Å². The van der Waals surface area contributed by atoms with Crippen LogP contribution < -0.4 is 11.2 Å². The molecule has 1 aromatic heterocycles. The van der Waals surface area contributed by atoms with Gasteiger partial charge in [0.15, 0.2) is 0 Å². The zero-order chi connectivity index (χ0) is 14.7. The highest BCUT2D eigenvalue weighted by Crippen LogP contribution is 2.23. The average molecular weight is 312 g/mol. The normalized spacial score (nSPS) is 12.2. The topological polar surface area (TPSA) is 85.8 Å². The van der Waals surface area contributed by atoms with Gasteiger partial charge in [0.2, 0.25) is 11.1 Å². The Bertz CT molecular complexity index is 630. The van der Waals surface area contributed by atoms with Gasteiger partial charge < -0.3 is 11.2 Å². The molecule has 3 N–H and O–H groups in total. The molecule has 0 fully saturated rings. The van der Waals surface area contributed by atoms with Crippen LogP contribution in [0.15, 0.2) is 29.7 Å². The summed E-state index contributed by atoms with van der Waals surface area (Å²) in [6, 6.07) is 5.38. The van der Waals surface area contributed by atoms with Gasteiger partial charge in [0.05, 0.1) is 5.25 Å². The van der Waals surface area contributed by atoms with Gasteiger partial charge >= 0.3 is 0 Å². The standard InChI is InChI=1S/C12H14ClN5OS/c1-7-3-4-9(5-10(7)13)16-11(19)8(2)20-12-17-15-6-18(12)14/h3-6,8H,14H2,1-2H3,(H,16,19)/t8-/m0/s1. The lowest BCUT2D eigenvalue weighted by Crippen LogP contribution is -2.23. The lowest BCUT2D eigenvalue weighted by molar-refractivity contribution is -0.115. The minimum atomic E-state index is -0.360. The molecule has 20 heavy (non-hydrogen) atoms. The number of benzene rings is 1. The number of aromatic nitrogens is 3. The third-order valence-corrected chi connectivity index (χ3v) is 4.11. The van der Waals surface area contributed by atoms with Crippen LogP contribution in [0.5, 0.6) is 0 Å². The molecule has 2 rings (SSSR count). The van der Waals surface area contributed by atoms with Gasteiger partial charge in [-0.05, 0) is 31.5 Å². The lowest BCUT2D eigenvalue weighted by atomic mass is 10.2. The molecule has 0 aliphatic carbocycles. The molecule has 1 atom stereocenters. The van der Waals surface area contributed by atoms with E-state index in [-0.39, 0.29) is 11.2 Å². The van der Waals surface area contributed by atoms with Crippen molar-refractivity contribution in [3.05, 3.63) is 35.1 Å². The predicted octanol–water partition coefficient (Wildman–Crippen LogP) is 2.07. The van der Waals surface area contributed by atoms with Gasteiger partial charge in [-0.25, -0.2) is 4.68 Å². The van der Waals surface area contributed by atoms with Crippen LogP contribution in [0.1, 0.15) is 12.5 Å². The van der Waals surface area contributed by atoms with E-state index in [9.17, 15) is 4.79 Å². The van der Waals surface area contributed by atoms with Crippen LogP contribution in [-0.4, -0.2) is 26.0 Å². The monoisotopic (exact) mass is 311 g/mol. The molecule has 106 valence electrons. The Morgan fingerprint density at radius 1 is 1.55 bits per heavy atom. The summed E-state index contributed by atoms with van der Waals surface area (Å²) in [6.45, 7) is 3.67. The Kier molecular flexibility index (Phi) is 4.51. The molecule has 0 aliphatic rings. The quantitative estimate of drug-likeness (QED) is 0.667. The van der Waals surface area contributed by atoms with Gasteiger partial charge in [-0.1, -0.05) is 29.4 Å². The molecule has 0 spiro atoms. The minimum Gasteiger partial charge on any atom is -0.336 e. The van der Waals surface area contributed by atoms with Gasteiger partial charge in [-0.2, -0.15) is 0 Å². The maximum atomic E-state index is 12.1. The van der Waals surface area contributed by atoms with Crippen LogP contribution in [0.3, 0.4) is 0 Å². The average Bonchev–Trinajstić information content (AvgIpc) is 2.79. The molecule has 8 heteroatoms. The fourth-order valence-electron chi connectivity index (χ4n) is 1.44. The van der Waals surface area contributed by atoms with Crippen LogP contribution in [0.4, 0.5) is 5.69 Å². The molecule has 2 aromatic rings. The second-order valence-corrected chi connectivity index (χ2v) is 5.95. The molecule has 1 amide bonds. The zero-order valence-electron chi connectivity index (χ0n) is 11.0. The number of thioether (sulfide) groups is 1. The number of nitrogen functional groups attached to an aromatic ring is 1. The number of halogens is 1. The zero-order valence-corrected chi connectivity index (χ0v) is 12.6. The highest BCUT2D eigenvalue weighted by molar-refractivity contribution is 8.00. The van der Waals surface area contributed by atoms with Crippen molar-refractivity contribution in [1.82, 2.24) is 14.9 Å². The van der Waals surface area contributed by atoms with Crippen molar-refractivity contribution in [2.24, 2.45) is 0 Å². The van der Waals surface area contributed by atoms with Crippen molar-refractivity contribution in [1.29, 1.82) is 0 Å². The van der Waals surface area contributed by atoms with E-state index in [1.807, 2.05) is 19.1 Å². The molecule has 0 unspecified atom stereocenters. The molecule has 0 radical (unpaired) electrons. The predicted molar refractivity (Wildman–Crippen MR) is 80.3 cm³/mol. The Morgan fingerprint density at radius 3 is 2.90 bits per heavy atom. The molecule has 0 saturated carbocycles. The van der Waals surface area contributed by atoms with Gasteiger partial charge in [0, 0.05) is 10.7 Å². The van der Waals surface area contributed by atoms with Crippen molar-refractivity contribution in [3.8, 4) is 0 Å². The summed E-state index contributed by atoms with van der Waals surface area (Å²) in [4.78, 5) is 12.1. The number of carbonyl (C=O) groups is 1. The maximum Gasteiger partial charge on any atom is 0.237 e. The molecule has 0 saturated heterocycles. The second-order valence-electron chi connectivity index (χ2n) is 4.23. The third-order valence-electron chi connectivity index (χ3n) is 2.63. The van der Waals surface area contributed by atoms with Gasteiger partial charge in [-0.3, -0.25) is 4.79 Å². The van der Waals surface area contributed by atoms with Crippen LogP contribution in [0.25, 0.3) is 0 Å². The van der Waals surface area contributed by atoms with Crippen LogP contribution in [-0.2, 0) is 4.79 Å². The fourth-order valence-corrected chi connectivity index (χ4v) is 2.37. The highest BCUT2D eigenvalue weighted by atomic mass is 35.5. The first kappa shape index (κ1) is 14.7. The van der Waals surface area contributed by atoms with E-state index in [2.05, 4.69) is 15.5 Å². The summed E-state index contributed by atoms with van der Waals surface area (Å²) in [7, 11) is 0. The van der Waals surface area contributed by atoms with Gasteiger partial charge in [0.25, 0.3) is 0 Å². The number of carbonyl (C=O) groups excluding carboxylic acids is 1. The van der Waals surface area contributed by atoms with Crippen molar-refractivity contribution < 1.29 is 4.79 Å². The van der Waals surface area contributed by atoms with E-state index in [1.54, 1.807) is 13.0 Å². The number of nitrogens with one attached hydrogen (secondary N) is 1. The third kappa shape index (κ3) is 3.43. The molecule has 0 aliphatic heterocycles. The summed E-state index contributed by atoms with van der Waals surface area (Å²) in [5.74, 6) is 5.45. The Hall–Kier alpha value is -1.73. The molecule has 1 aromatic carbocycles. The van der Waals surface area contributed by atoms with Crippen LogP contribution >= 0.6 is 23.4 Å². The van der Waals surface area contributed by atoms with E-state index in [4.69, 9.17) is 17.4 Å². The van der Waals surface area contributed by atoms with Crippen LogP contribution in [0, 0.1) is 6.92 Å². The maximum absolute atomic E-state index is 12.1. The van der Waals surface area contributed by atoms with Crippen molar-refractivity contribution >= 4 is 35.0 Å². The fraction of sp³-hybridized carbons (Fsp3) is 0.250. The number of amides is 1. The molecular weight excluding hydrogens is 298 g/mol. The van der Waals surface area contributed by atoms with Crippen molar-refractivity contribution in [3.63, 3.8) is 0 Å². The number of rotatable bonds is 4. The van der Waals surface area contributed by atoms with Crippen molar-refractivity contribution in [2.45, 2.75) is 24.3 Å². The molecular formula is C12H14ClN5OS. The lowest BCUT2D eigenvalue weighted by Gasteiger charge is -2.11. The summed E-state index contributed by atoms with van der Waals surface area (Å²) in [6.07, 6.45) is 1.38. The summed E-state index contributed by atoms with van der Waals surface area (Å²) >= 11 is 7.25. The Morgan fingerprint density at radius 2 is 2.30 bits per heavy atom. The first-order chi connectivity index (χ1) is 9.47. The summed E-state index contributed by atoms with van der Waals surface area (Å²) in [5, 5.41) is 11.0. The minimum absolute atomic E-state index is 0.155. The molecule has 6 nitrogen and oxygen atoms in total. The molecule has 0 bridgehead atoms. The van der Waals surface area contributed by atoms with E-state index in [0.29, 0.717) is 15.9 Å². The first-order valence-corrected chi connectivity index (χ1v) is 7.12. The first-order valence-electron chi connectivity index (χ1n) is 5.86. The number of nitrogens with two attached hydrogens (primary N) is 1. The van der Waals surface area contributed by atoms with Gasteiger partial charge in [-0.15, -0.1) is 10.2 Å². The van der Waals surface area contributed by atoms with E-state index in [0.717, 1.165) is 5.56 Å². The Labute approximate surface area is 125 Å². The number of nitrogens with zero attached hydrogens (tertiary/aromatic N) is 3. The van der Waals surface area contributed by atoms with Crippen molar-refractivity contribution in [2.75, 3.05) is 11.2 Å². The number of anilines is 1. The summed E-state index contributed by atoms with van der Waals surface area (Å²) < 4.78 is 1.27. The number of hydrogen-bond acceptors (Lipinski definition) is 5. The number of hydrogen-bond donors (Lipinski definition) is 2. The second kappa shape index (κ2) is 6.15. The SMILES string of the molecule is Cc1ccc(NC(=O)[C@H](C)Sc2nncn2N)cc1Cl. The highest BCUT2D eigenvalue weighted by Gasteiger charge is 2.17. The van der Waals surface area contributed by atoms with E-state index >= 15 is 0 Å². The summed E-state index contributed by atoms with van der Waals surface area (Å²) in [5.41, 5.74) is 1.62. The number of aryl methyl sites for hydroxylation is 1. The van der Waals surface area contributed by atoms with E-state index in [1.165, 1.54) is 22.8 Å². The molecule has 1 heterocycles. The Balaban J connectivity index is 2.00. The smallest absolute Gasteiger partial charge is 0.237 e. The van der Waals surface area contributed by atoms with Gasteiger partial charge in [0.1, 0.15) is 6.33 Å².